The van der Waals surface area contributed by atoms with Crippen molar-refractivity contribution in [2.24, 2.45) is 0 Å². The zero-order chi connectivity index (χ0) is 46.2. The molecule has 13 nitrogen and oxygen atoms in total. The van der Waals surface area contributed by atoms with E-state index in [0.717, 1.165) is 139 Å². The molecule has 1 fully saturated rings. The zero-order valence-electron chi connectivity index (χ0n) is 39.0. The molecule has 0 aliphatic carbocycles. The van der Waals surface area contributed by atoms with Gasteiger partial charge in [-0.15, -0.1) is 0 Å². The summed E-state index contributed by atoms with van der Waals surface area (Å²) in [6, 6.07) is 25.4. The number of phenolic OH excluding ortho intramolecular Hbond substituents is 3. The Labute approximate surface area is 386 Å². The predicted octanol–water partition coefficient (Wildman–Crippen LogP) is 8.06. The molecule has 3 unspecified atom stereocenters. The summed E-state index contributed by atoms with van der Waals surface area (Å²) in [4.78, 5) is 13.7. The minimum Gasteiger partial charge on any atom is -0.507 e. The maximum atomic E-state index is 11.4. The smallest absolute Gasteiger partial charge is 0.305 e. The Balaban J connectivity index is 0.000000245. The molecule has 2 aliphatic heterocycles. The monoisotopic (exact) mass is 898 g/mol. The molecule has 2 aliphatic rings. The van der Waals surface area contributed by atoms with E-state index in [9.17, 15) is 25.2 Å². The average molecular weight is 898 g/mol. The third-order valence-corrected chi connectivity index (χ3v) is 12.2. The summed E-state index contributed by atoms with van der Waals surface area (Å²) in [6.07, 6.45) is 12.5. The maximum absolute atomic E-state index is 11.4. The van der Waals surface area contributed by atoms with Gasteiger partial charge in [0.25, 0.3) is 0 Å². The number of aromatic hydroxyl groups is 3. The number of phenols is 3. The number of piperidine rings is 1. The van der Waals surface area contributed by atoms with Crippen LogP contribution in [0.15, 0.2) is 78.9 Å². The fourth-order valence-corrected chi connectivity index (χ4v) is 8.81. The minimum absolute atomic E-state index is 0.0201. The fourth-order valence-electron chi connectivity index (χ4n) is 8.81. The van der Waals surface area contributed by atoms with Gasteiger partial charge in [0.1, 0.15) is 11.5 Å². The number of carbonyl (C=O) groups is 1. The molecule has 2 heterocycles. The summed E-state index contributed by atoms with van der Waals surface area (Å²) in [5, 5.41) is 53.2. The molecule has 356 valence electrons. The molecule has 3 atom stereocenters. The maximum Gasteiger partial charge on any atom is 0.305 e. The summed E-state index contributed by atoms with van der Waals surface area (Å²) < 4.78 is 16.5. The second-order valence-electron chi connectivity index (χ2n) is 17.3. The summed E-state index contributed by atoms with van der Waals surface area (Å²) in [5.74, 6) is 1.54. The van der Waals surface area contributed by atoms with Crippen LogP contribution < -0.4 is 40.4 Å². The van der Waals surface area contributed by atoms with Crippen LogP contribution in [-0.4, -0.2) is 98.1 Å². The Morgan fingerprint density at radius 2 is 1.26 bits per heavy atom. The lowest BCUT2D eigenvalue weighted by Crippen LogP contribution is -2.50. The second kappa shape index (κ2) is 28.0. The first-order valence-corrected chi connectivity index (χ1v) is 23.8. The van der Waals surface area contributed by atoms with Crippen molar-refractivity contribution in [2.75, 3.05) is 58.4 Å². The highest BCUT2D eigenvalue weighted by Crippen LogP contribution is 2.44. The van der Waals surface area contributed by atoms with Crippen molar-refractivity contribution in [1.29, 1.82) is 0 Å². The normalized spacial score (nSPS) is 15.8. The van der Waals surface area contributed by atoms with Crippen molar-refractivity contribution >= 4 is 11.7 Å². The number of unbranched alkanes of at least 4 members (excludes halogenated alkanes) is 1. The van der Waals surface area contributed by atoms with Crippen molar-refractivity contribution in [3.8, 4) is 34.5 Å². The fraction of sp³-hybridized carbons (Fsp3) is 0.519. The van der Waals surface area contributed by atoms with Crippen molar-refractivity contribution in [1.82, 2.24) is 21.3 Å². The number of carboxylic acids is 1. The lowest BCUT2D eigenvalue weighted by Gasteiger charge is -2.47. The Bertz CT molecular complexity index is 1930. The highest BCUT2D eigenvalue weighted by atomic mass is 16.5. The molecule has 65 heavy (non-hydrogen) atoms. The zero-order valence-corrected chi connectivity index (χ0v) is 39.0. The number of aryl methyl sites for hydroxylation is 1. The van der Waals surface area contributed by atoms with Gasteiger partial charge in [0.15, 0.2) is 23.0 Å². The molecule has 1 saturated heterocycles. The van der Waals surface area contributed by atoms with Crippen LogP contribution in [0.4, 0.5) is 5.69 Å². The van der Waals surface area contributed by atoms with Crippen molar-refractivity contribution in [2.45, 2.75) is 122 Å². The van der Waals surface area contributed by atoms with E-state index in [1.165, 1.54) is 18.4 Å². The molecule has 0 amide bonds. The molecule has 4 aromatic carbocycles. The standard InChI is InChI=1S/C26H42N4O4.C26H33NO4/c1-33-25-17-21(7-9-23(25)31)19-29-15-5-13-27-11-3-4-12-28-14-6-16-30-20-22-8-10-24(32)26(18-22)34-2;1-18(7-5-10-19-8-3-2-4-9-19)31-22-16-24-23(25(28)17-22)14-13-20-11-6-12-21(27(20)24)15-26(29)30/h7-10,17-18,27-32H,3-6,11-16,19-20H2,1-2H3;2-4,8-9,16-18,20-21,28H,5-7,10-15H2,1H3,(H,29,30). The quantitative estimate of drug-likeness (QED) is 0.0270. The van der Waals surface area contributed by atoms with Crippen molar-refractivity contribution < 1.29 is 39.4 Å². The molecule has 13 heteroatoms. The van der Waals surface area contributed by atoms with E-state index >= 15 is 0 Å². The topological polar surface area (TPSA) is 177 Å². The number of fused-ring (bicyclic) bond motifs is 3. The number of hydrogen-bond donors (Lipinski definition) is 8. The number of methoxy groups -OCH3 is 2. The van der Waals surface area contributed by atoms with E-state index in [1.807, 2.05) is 36.4 Å². The molecule has 8 N–H and O–H groups in total. The summed E-state index contributed by atoms with van der Waals surface area (Å²) in [6.45, 7) is 9.63. The number of anilines is 1. The first-order chi connectivity index (χ1) is 31.6. The molecule has 0 bridgehead atoms. The molecule has 0 spiro atoms. The molecule has 0 saturated carbocycles. The Morgan fingerprint density at radius 3 is 1.85 bits per heavy atom. The van der Waals surface area contributed by atoms with E-state index in [4.69, 9.17) is 14.2 Å². The molecule has 6 rings (SSSR count). The van der Waals surface area contributed by atoms with Gasteiger partial charge in [-0.2, -0.15) is 0 Å². The minimum atomic E-state index is -0.763. The first-order valence-electron chi connectivity index (χ1n) is 23.8. The second-order valence-corrected chi connectivity index (χ2v) is 17.3. The number of aliphatic carboxylic acids is 1. The molecule has 0 aromatic heterocycles. The third kappa shape index (κ3) is 17.3. The van der Waals surface area contributed by atoms with E-state index < -0.39 is 5.97 Å². The van der Waals surface area contributed by atoms with Gasteiger partial charge in [-0.25, -0.2) is 0 Å². The van der Waals surface area contributed by atoms with E-state index in [2.05, 4.69) is 57.4 Å². The van der Waals surface area contributed by atoms with Gasteiger partial charge < -0.3 is 60.8 Å². The van der Waals surface area contributed by atoms with Crippen LogP contribution in [0.1, 0.15) is 99.8 Å². The lowest BCUT2D eigenvalue weighted by molar-refractivity contribution is -0.137. The average Bonchev–Trinajstić information content (AvgIpc) is 3.30. The Morgan fingerprint density at radius 1 is 0.677 bits per heavy atom. The summed E-state index contributed by atoms with van der Waals surface area (Å²) in [7, 11) is 3.12. The van der Waals surface area contributed by atoms with Gasteiger partial charge >= 0.3 is 5.97 Å². The van der Waals surface area contributed by atoms with Crippen LogP contribution in [0.5, 0.6) is 34.5 Å². The van der Waals surface area contributed by atoms with Crippen LogP contribution in [-0.2, 0) is 30.7 Å². The molecule has 4 aromatic rings. The first kappa shape index (κ1) is 50.8. The van der Waals surface area contributed by atoms with Gasteiger partial charge in [-0.1, -0.05) is 42.5 Å². The third-order valence-electron chi connectivity index (χ3n) is 12.2. The number of nitrogens with one attached hydrogen (secondary N) is 4. The van der Waals surface area contributed by atoms with Crippen LogP contribution >= 0.6 is 0 Å². The Kier molecular flexibility index (Phi) is 21.8. The van der Waals surface area contributed by atoms with Crippen molar-refractivity contribution in [3.05, 3.63) is 101 Å². The number of nitrogens with zero attached hydrogens (tertiary/aromatic N) is 1. The van der Waals surface area contributed by atoms with E-state index in [0.29, 0.717) is 23.3 Å². The molecule has 0 radical (unpaired) electrons. The highest BCUT2D eigenvalue weighted by Gasteiger charge is 2.37. The Hall–Kier alpha value is -5.21. The number of rotatable bonds is 27. The van der Waals surface area contributed by atoms with Gasteiger partial charge in [0, 0.05) is 48.6 Å². The number of benzene rings is 4. The van der Waals surface area contributed by atoms with Crippen LogP contribution in [0.3, 0.4) is 0 Å². The largest absolute Gasteiger partial charge is 0.507 e. The highest BCUT2D eigenvalue weighted by molar-refractivity contribution is 5.71. The van der Waals surface area contributed by atoms with Gasteiger partial charge in [-0.05, 0) is 164 Å². The lowest BCUT2D eigenvalue weighted by atomic mass is 9.85. The van der Waals surface area contributed by atoms with E-state index in [-0.39, 0.29) is 35.8 Å². The number of carboxylic acid groups (broad SMARTS) is 1. The van der Waals surface area contributed by atoms with Gasteiger partial charge in [0.2, 0.25) is 0 Å². The summed E-state index contributed by atoms with van der Waals surface area (Å²) >= 11 is 0. The summed E-state index contributed by atoms with van der Waals surface area (Å²) in [5.41, 5.74) is 5.43. The van der Waals surface area contributed by atoms with Gasteiger partial charge in [-0.3, -0.25) is 4.79 Å². The van der Waals surface area contributed by atoms with Gasteiger partial charge in [0.05, 0.1) is 26.7 Å². The molecular formula is C52H75N5O8. The number of ether oxygens (including phenoxy) is 3. The van der Waals surface area contributed by atoms with Crippen LogP contribution in [0, 0.1) is 0 Å². The number of hydrogen-bond acceptors (Lipinski definition) is 12. The van der Waals surface area contributed by atoms with Crippen molar-refractivity contribution in [3.63, 3.8) is 0 Å². The van der Waals surface area contributed by atoms with Crippen LogP contribution in [0.2, 0.25) is 0 Å². The van der Waals surface area contributed by atoms with Crippen LogP contribution in [0.25, 0.3) is 0 Å². The predicted molar refractivity (Wildman–Crippen MR) is 259 cm³/mol. The molecular weight excluding hydrogens is 823 g/mol. The SMILES string of the molecule is CC(CCCc1ccccc1)Oc1cc(O)c2c(c1)N1C(CCCC1CC(=O)O)CC2.COc1cc(CNCCCNCCCCNCCCNCc2ccc(O)c(OC)c2)ccc1O. The van der Waals surface area contributed by atoms with E-state index in [1.54, 1.807) is 32.4 Å².